The number of aliphatic hydroxyl groups is 3. The highest BCUT2D eigenvalue weighted by Gasteiger charge is 2.23. The third-order valence-corrected chi connectivity index (χ3v) is 4.29. The fraction of sp³-hybridized carbons (Fsp3) is 0.571. The van der Waals surface area contributed by atoms with Gasteiger partial charge in [0.2, 0.25) is 0 Å². The molecular weight excluding hydrogens is 486 g/mol. The van der Waals surface area contributed by atoms with Crippen LogP contribution in [0, 0.1) is 0 Å². The number of allylic oxidation sites excluding steroid dienone is 3. The molecule has 0 fully saturated rings. The van der Waals surface area contributed by atoms with Crippen molar-refractivity contribution in [2.75, 3.05) is 19.8 Å². The zero-order valence-electron chi connectivity index (χ0n) is 24.9. The molecule has 0 spiro atoms. The number of aliphatic hydroxyl groups excluding tert-OH is 3. The van der Waals surface area contributed by atoms with Crippen LogP contribution in [-0.2, 0) is 18.0 Å². The van der Waals surface area contributed by atoms with Crippen molar-refractivity contribution in [3.8, 4) is 0 Å². The van der Waals surface area contributed by atoms with E-state index in [-0.39, 0.29) is 28.7 Å². The highest BCUT2D eigenvalue weighted by Crippen LogP contribution is 2.04. The van der Waals surface area contributed by atoms with E-state index < -0.39 is 27.5 Å². The molecule has 220 valence electrons. The molecule has 38 heavy (non-hydrogen) atoms. The van der Waals surface area contributed by atoms with Crippen LogP contribution in [0.4, 0.5) is 0 Å². The second-order valence-electron chi connectivity index (χ2n) is 7.47. The molecule has 0 saturated carbocycles. The van der Waals surface area contributed by atoms with Crippen LogP contribution < -0.4 is 10.9 Å². The number of ether oxygens (including phenoxy) is 1. The van der Waals surface area contributed by atoms with E-state index in [1.165, 1.54) is 18.1 Å². The molecule has 8 nitrogen and oxygen atoms in total. The number of hydrogen-bond acceptors (Lipinski definition) is 8. The highest BCUT2D eigenvalue weighted by molar-refractivity contribution is 6.63. The fourth-order valence-electron chi connectivity index (χ4n) is 2.52. The summed E-state index contributed by atoms with van der Waals surface area (Å²) >= 11 is 0. The van der Waals surface area contributed by atoms with Crippen molar-refractivity contribution in [1.82, 2.24) is 0 Å². The molecule has 0 heterocycles. The Bertz CT molecular complexity index is 705. The van der Waals surface area contributed by atoms with Crippen LogP contribution in [0.25, 0.3) is 0 Å². The number of rotatable bonds is 12. The first-order chi connectivity index (χ1) is 18.1. The molecule has 0 atom stereocenters. The van der Waals surface area contributed by atoms with Gasteiger partial charge in [-0.3, -0.25) is 0 Å². The van der Waals surface area contributed by atoms with Crippen LogP contribution in [0.1, 0.15) is 85.8 Å². The van der Waals surface area contributed by atoms with Crippen molar-refractivity contribution in [3.05, 3.63) is 59.2 Å². The molecule has 0 aliphatic carbocycles. The van der Waals surface area contributed by atoms with Gasteiger partial charge in [0.1, 0.15) is 0 Å². The van der Waals surface area contributed by atoms with Crippen molar-refractivity contribution in [1.29, 1.82) is 0 Å². The second-order valence-corrected chi connectivity index (χ2v) is 7.47. The molecule has 0 aromatic heterocycles. The molecule has 0 aliphatic heterocycles. The van der Waals surface area contributed by atoms with Crippen LogP contribution in [0.3, 0.4) is 0 Å². The van der Waals surface area contributed by atoms with Gasteiger partial charge in [0.15, 0.2) is 0 Å². The van der Waals surface area contributed by atoms with E-state index in [4.69, 9.17) is 40.2 Å². The first-order valence-corrected chi connectivity index (χ1v) is 13.4. The summed E-state index contributed by atoms with van der Waals surface area (Å²) < 4.78 is 5.25. The normalized spacial score (nSPS) is 10.0. The minimum Gasteiger partial charge on any atom is -0.423 e. The largest absolute Gasteiger partial charge is 0.488 e. The van der Waals surface area contributed by atoms with Gasteiger partial charge in [-0.05, 0) is 48.7 Å². The first kappa shape index (κ1) is 43.3. The third-order valence-electron chi connectivity index (χ3n) is 4.29. The minimum absolute atomic E-state index is 0.0252. The van der Waals surface area contributed by atoms with Gasteiger partial charge in [0.05, 0.1) is 19.8 Å². The lowest BCUT2D eigenvalue weighted by Crippen LogP contribution is -2.42. The maximum atomic E-state index is 9.02. The lowest BCUT2D eigenvalue weighted by atomic mass is 9.69. The Kier molecular flexibility index (Phi) is 35.9. The number of benzene rings is 1. The van der Waals surface area contributed by atoms with E-state index in [2.05, 4.69) is 33.4 Å². The Hall–Kier alpha value is -1.75. The van der Waals surface area contributed by atoms with Gasteiger partial charge in [0.25, 0.3) is 0 Å². The van der Waals surface area contributed by atoms with E-state index >= 15 is 0 Å². The predicted molar refractivity (Wildman–Crippen MR) is 161 cm³/mol. The van der Waals surface area contributed by atoms with E-state index in [0.29, 0.717) is 6.42 Å². The van der Waals surface area contributed by atoms with Crippen LogP contribution in [0.5, 0.6) is 0 Å². The van der Waals surface area contributed by atoms with Crippen LogP contribution in [0.2, 0.25) is 0 Å². The average molecular weight is 540 g/mol. The zero-order chi connectivity index (χ0) is 30.5. The van der Waals surface area contributed by atoms with Crippen LogP contribution >= 0.6 is 0 Å². The monoisotopic (exact) mass is 540 g/mol. The fourth-order valence-corrected chi connectivity index (χ4v) is 2.52. The summed E-state index contributed by atoms with van der Waals surface area (Å²) in [6, 6.07) is 2.43. The van der Waals surface area contributed by atoms with Crippen molar-refractivity contribution >= 4 is 25.2 Å². The van der Waals surface area contributed by atoms with Gasteiger partial charge in [-0.15, -0.1) is 0 Å². The third kappa shape index (κ3) is 23.4. The first-order valence-electron chi connectivity index (χ1n) is 13.4. The van der Waals surface area contributed by atoms with Crippen molar-refractivity contribution in [3.63, 3.8) is 0 Å². The van der Waals surface area contributed by atoms with Crippen molar-refractivity contribution in [2.45, 2.75) is 87.9 Å². The van der Waals surface area contributed by atoms with Crippen molar-refractivity contribution in [2.24, 2.45) is 0 Å². The molecule has 0 saturated heterocycles. The lowest BCUT2D eigenvalue weighted by molar-refractivity contribution is 0.151. The summed E-state index contributed by atoms with van der Waals surface area (Å²) in [4.78, 5) is 0. The van der Waals surface area contributed by atoms with Crippen LogP contribution in [0.15, 0.2) is 48.1 Å². The molecule has 0 aliphatic rings. The quantitative estimate of drug-likeness (QED) is 0.121. The summed E-state index contributed by atoms with van der Waals surface area (Å²) in [6.45, 7) is 21.0. The van der Waals surface area contributed by atoms with Crippen LogP contribution in [-0.4, -0.2) is 69.5 Å². The average Bonchev–Trinajstić information content (AvgIpc) is 2.91. The SMILES string of the molecule is C=C(/C=C\C=C(/C)CCOCC)CCO.CC.CC.CCC.OCc1cc(CO)c(B(O)O)cc1B(O)O. The highest BCUT2D eigenvalue weighted by atomic mass is 16.5. The topological polar surface area (TPSA) is 151 Å². The smallest absolute Gasteiger partial charge is 0.423 e. The van der Waals surface area contributed by atoms with Gasteiger partial charge in [-0.1, -0.05) is 96.0 Å². The Morgan fingerprint density at radius 3 is 1.63 bits per heavy atom. The van der Waals surface area contributed by atoms with Gasteiger partial charge in [-0.25, -0.2) is 0 Å². The van der Waals surface area contributed by atoms with Crippen molar-refractivity contribution < 1.29 is 40.2 Å². The van der Waals surface area contributed by atoms with E-state index in [1.807, 2.05) is 46.8 Å². The van der Waals surface area contributed by atoms with Gasteiger partial charge in [0, 0.05) is 13.2 Å². The maximum absolute atomic E-state index is 9.02. The molecule has 0 amide bonds. The summed E-state index contributed by atoms with van der Waals surface area (Å²) in [5, 5.41) is 62.7. The molecule has 0 bridgehead atoms. The number of hydrogen-bond donors (Lipinski definition) is 7. The Morgan fingerprint density at radius 2 is 1.29 bits per heavy atom. The maximum Gasteiger partial charge on any atom is 0.488 e. The Labute approximate surface area is 232 Å². The molecule has 1 aromatic carbocycles. The summed E-state index contributed by atoms with van der Waals surface area (Å²) in [5.74, 6) is 0. The summed E-state index contributed by atoms with van der Waals surface area (Å²) in [7, 11) is -3.65. The Morgan fingerprint density at radius 1 is 0.842 bits per heavy atom. The second kappa shape index (κ2) is 31.5. The zero-order valence-corrected chi connectivity index (χ0v) is 24.9. The van der Waals surface area contributed by atoms with Gasteiger partial charge in [-0.2, -0.15) is 0 Å². The molecule has 10 heteroatoms. The predicted octanol–water partition coefficient (Wildman–Crippen LogP) is 2.35. The molecule has 7 N–H and O–H groups in total. The van der Waals surface area contributed by atoms with E-state index in [0.717, 1.165) is 31.3 Å². The lowest BCUT2D eigenvalue weighted by Gasteiger charge is -2.13. The standard InChI is InChI=1S/C13H22O2.C8H12B2O6.C3H8.2C2H6/c1-4-15-11-9-13(3)7-5-6-12(2)8-10-14;11-3-5-1-6(4-12)8(10(15)16)2-7(5)9(13)14;1-3-2;2*1-2/h5-7,14H,2,4,8-11H2,1,3H3;1-2,11-16H,3-4H2;3H2,1-2H3;2*1-2H3/b6-5-,13-7+;;;;. The molecular formula is C28H54B2O8. The molecule has 1 rings (SSSR count). The van der Waals surface area contributed by atoms with Gasteiger partial charge >= 0.3 is 14.2 Å². The van der Waals surface area contributed by atoms with E-state index in [9.17, 15) is 0 Å². The molecule has 0 unspecified atom stereocenters. The van der Waals surface area contributed by atoms with E-state index in [1.54, 1.807) is 0 Å². The molecule has 0 radical (unpaired) electrons. The minimum atomic E-state index is -1.83. The summed E-state index contributed by atoms with van der Waals surface area (Å²) in [6.07, 6.45) is 8.81. The van der Waals surface area contributed by atoms with Gasteiger partial charge < -0.3 is 40.2 Å². The molecule has 1 aromatic rings. The summed E-state index contributed by atoms with van der Waals surface area (Å²) in [5.41, 5.74) is 2.61. The Balaban J connectivity index is -0.000000246.